The number of halogens is 2. The number of ether oxygens (including phenoxy) is 1. The van der Waals surface area contributed by atoms with Crippen molar-refractivity contribution in [3.05, 3.63) is 104 Å². The van der Waals surface area contributed by atoms with E-state index in [2.05, 4.69) is 0 Å². The third kappa shape index (κ3) is 3.07. The van der Waals surface area contributed by atoms with Gasteiger partial charge in [0.25, 0.3) is 5.69 Å². The van der Waals surface area contributed by atoms with Crippen LogP contribution in [0.5, 0.6) is 5.75 Å². The van der Waals surface area contributed by atoms with Gasteiger partial charge in [0.05, 0.1) is 16.7 Å². The van der Waals surface area contributed by atoms with Crippen LogP contribution in [-0.2, 0) is 0 Å². The lowest BCUT2D eigenvalue weighted by Gasteiger charge is -2.38. The average Bonchev–Trinajstić information content (AvgIpc) is 3.19. The van der Waals surface area contributed by atoms with Crippen molar-refractivity contribution in [3.8, 4) is 5.75 Å². The summed E-state index contributed by atoms with van der Waals surface area (Å²) < 4.78 is 19.6. The van der Waals surface area contributed by atoms with Crippen LogP contribution in [0.3, 0.4) is 0 Å². The Morgan fingerprint density at radius 2 is 1.90 bits per heavy atom. The van der Waals surface area contributed by atoms with Gasteiger partial charge in [0.2, 0.25) is 6.23 Å². The summed E-state index contributed by atoms with van der Waals surface area (Å²) in [6, 6.07) is 18.4. The molecule has 2 aliphatic rings. The molecule has 0 saturated heterocycles. The molecule has 0 N–H and O–H groups in total. The van der Waals surface area contributed by atoms with Crippen LogP contribution in [0.4, 0.5) is 10.1 Å². The van der Waals surface area contributed by atoms with E-state index in [1.54, 1.807) is 18.2 Å². The third-order valence-electron chi connectivity index (χ3n) is 5.33. The molecule has 2 atom stereocenters. The summed E-state index contributed by atoms with van der Waals surface area (Å²) in [5.41, 5.74) is 3.00. The molecular formula is C22H15ClFN3O3. The fraction of sp³-hybridized carbons (Fsp3) is 0.136. The highest BCUT2D eigenvalue weighted by Crippen LogP contribution is 2.48. The highest BCUT2D eigenvalue weighted by Gasteiger charge is 2.41. The molecule has 0 amide bonds. The van der Waals surface area contributed by atoms with E-state index >= 15 is 0 Å². The van der Waals surface area contributed by atoms with Gasteiger partial charge in [0, 0.05) is 23.6 Å². The van der Waals surface area contributed by atoms with Crippen LogP contribution in [0.2, 0.25) is 5.02 Å². The Labute approximate surface area is 176 Å². The van der Waals surface area contributed by atoms with Crippen molar-refractivity contribution in [1.82, 2.24) is 5.01 Å². The number of hydrazone groups is 1. The third-order valence-corrected chi connectivity index (χ3v) is 5.65. The Kier molecular flexibility index (Phi) is 4.40. The summed E-state index contributed by atoms with van der Waals surface area (Å²) in [6.07, 6.45) is -0.0446. The number of benzene rings is 3. The topological polar surface area (TPSA) is 68.0 Å². The van der Waals surface area contributed by atoms with Crippen LogP contribution in [0.1, 0.15) is 35.4 Å². The molecule has 0 radical (unpaired) electrons. The lowest BCUT2D eigenvalue weighted by molar-refractivity contribution is -0.384. The lowest BCUT2D eigenvalue weighted by Crippen LogP contribution is -2.33. The normalized spacial score (nSPS) is 19.5. The molecule has 8 heteroatoms. The van der Waals surface area contributed by atoms with Crippen LogP contribution in [0, 0.1) is 15.9 Å². The molecule has 3 aromatic rings. The van der Waals surface area contributed by atoms with Crippen molar-refractivity contribution in [3.63, 3.8) is 0 Å². The number of nitrogens with zero attached hydrogens (tertiary/aromatic N) is 3. The van der Waals surface area contributed by atoms with Gasteiger partial charge in [0.1, 0.15) is 16.6 Å². The number of hydrogen-bond donors (Lipinski definition) is 0. The van der Waals surface area contributed by atoms with E-state index in [0.717, 1.165) is 16.8 Å². The molecule has 30 heavy (non-hydrogen) atoms. The average molecular weight is 424 g/mol. The smallest absolute Gasteiger partial charge is 0.288 e. The zero-order chi connectivity index (χ0) is 20.8. The zero-order valence-corrected chi connectivity index (χ0v) is 16.3. The van der Waals surface area contributed by atoms with E-state index in [1.807, 2.05) is 29.3 Å². The summed E-state index contributed by atoms with van der Waals surface area (Å²) in [5.74, 6) is 0.395. The first-order valence-electron chi connectivity index (χ1n) is 9.32. The first kappa shape index (κ1) is 18.6. The van der Waals surface area contributed by atoms with Crippen molar-refractivity contribution in [2.45, 2.75) is 18.7 Å². The molecule has 0 aliphatic carbocycles. The van der Waals surface area contributed by atoms with Gasteiger partial charge >= 0.3 is 0 Å². The minimum Gasteiger partial charge on any atom is -0.464 e. The predicted octanol–water partition coefficient (Wildman–Crippen LogP) is 5.63. The summed E-state index contributed by atoms with van der Waals surface area (Å²) in [6.45, 7) is 0. The van der Waals surface area contributed by atoms with Gasteiger partial charge in [0.15, 0.2) is 0 Å². The first-order valence-corrected chi connectivity index (χ1v) is 9.70. The van der Waals surface area contributed by atoms with Crippen molar-refractivity contribution in [2.24, 2.45) is 5.10 Å². The molecule has 0 aromatic heterocycles. The fourth-order valence-corrected chi connectivity index (χ4v) is 4.08. The van der Waals surface area contributed by atoms with E-state index in [-0.39, 0.29) is 22.6 Å². The Balaban J connectivity index is 1.60. The SMILES string of the molecule is O=[N+]([O-])c1cc([C@H]2Oc3ccccc3[C@H]3CC(c4ccc(F)cc4)=NN32)ccc1Cl. The van der Waals surface area contributed by atoms with Crippen LogP contribution in [0.15, 0.2) is 71.8 Å². The second kappa shape index (κ2) is 7.11. The van der Waals surface area contributed by atoms with E-state index in [1.165, 1.54) is 24.3 Å². The fourth-order valence-electron chi connectivity index (χ4n) is 3.89. The highest BCUT2D eigenvalue weighted by atomic mass is 35.5. The second-order valence-electron chi connectivity index (χ2n) is 7.13. The van der Waals surface area contributed by atoms with Gasteiger partial charge in [-0.15, -0.1) is 0 Å². The molecular weight excluding hydrogens is 409 g/mol. The van der Waals surface area contributed by atoms with Crippen LogP contribution in [0.25, 0.3) is 0 Å². The summed E-state index contributed by atoms with van der Waals surface area (Å²) in [5, 5.41) is 18.0. The van der Waals surface area contributed by atoms with Gasteiger partial charge in [-0.25, -0.2) is 9.40 Å². The predicted molar refractivity (Wildman–Crippen MR) is 110 cm³/mol. The van der Waals surface area contributed by atoms with Gasteiger partial charge in [-0.1, -0.05) is 48.0 Å². The molecule has 0 bridgehead atoms. The van der Waals surface area contributed by atoms with Crippen molar-refractivity contribution < 1.29 is 14.1 Å². The molecule has 6 nitrogen and oxygen atoms in total. The first-order chi connectivity index (χ1) is 14.5. The number of para-hydroxylation sites is 1. The molecule has 0 spiro atoms. The molecule has 2 aliphatic heterocycles. The Hall–Kier alpha value is -3.45. The lowest BCUT2D eigenvalue weighted by atomic mass is 9.96. The molecule has 5 rings (SSSR count). The number of hydrogen-bond acceptors (Lipinski definition) is 5. The van der Waals surface area contributed by atoms with Crippen molar-refractivity contribution in [1.29, 1.82) is 0 Å². The monoisotopic (exact) mass is 423 g/mol. The highest BCUT2D eigenvalue weighted by molar-refractivity contribution is 6.32. The molecule has 3 aromatic carbocycles. The minimum atomic E-state index is -0.654. The van der Waals surface area contributed by atoms with Gasteiger partial charge in [-0.05, 0) is 29.8 Å². The maximum atomic E-state index is 13.3. The molecule has 2 heterocycles. The Morgan fingerprint density at radius 3 is 2.67 bits per heavy atom. The largest absolute Gasteiger partial charge is 0.464 e. The van der Waals surface area contributed by atoms with Crippen molar-refractivity contribution in [2.75, 3.05) is 0 Å². The van der Waals surface area contributed by atoms with E-state index < -0.39 is 11.2 Å². The molecule has 150 valence electrons. The minimum absolute atomic E-state index is 0.0634. The number of fused-ring (bicyclic) bond motifs is 3. The Bertz CT molecular complexity index is 1180. The second-order valence-corrected chi connectivity index (χ2v) is 7.54. The van der Waals surface area contributed by atoms with Crippen LogP contribution in [-0.4, -0.2) is 15.6 Å². The standard InChI is InChI=1S/C22H15ClFN3O3/c23-17-10-7-14(11-20(17)27(28)29)22-26-19(16-3-1-2-4-21(16)30-22)12-18(25-26)13-5-8-15(24)9-6-13/h1-11,19,22H,12H2/t19-,22-/m1/s1. The number of rotatable bonds is 3. The molecule has 0 saturated carbocycles. The number of nitro benzene ring substituents is 1. The van der Waals surface area contributed by atoms with E-state index in [0.29, 0.717) is 17.7 Å². The summed E-state index contributed by atoms with van der Waals surface area (Å²) in [4.78, 5) is 10.8. The van der Waals surface area contributed by atoms with E-state index in [9.17, 15) is 14.5 Å². The molecule has 0 unspecified atom stereocenters. The van der Waals surface area contributed by atoms with Crippen LogP contribution < -0.4 is 4.74 Å². The van der Waals surface area contributed by atoms with Gasteiger partial charge in [-0.3, -0.25) is 10.1 Å². The number of nitro groups is 1. The molecule has 0 fully saturated rings. The zero-order valence-electron chi connectivity index (χ0n) is 15.5. The summed E-state index contributed by atoms with van der Waals surface area (Å²) >= 11 is 5.98. The quantitative estimate of drug-likeness (QED) is 0.404. The maximum Gasteiger partial charge on any atom is 0.288 e. The maximum absolute atomic E-state index is 13.3. The van der Waals surface area contributed by atoms with Gasteiger partial charge in [-0.2, -0.15) is 5.10 Å². The van der Waals surface area contributed by atoms with Crippen LogP contribution >= 0.6 is 11.6 Å². The van der Waals surface area contributed by atoms with E-state index in [4.69, 9.17) is 21.4 Å². The van der Waals surface area contributed by atoms with Gasteiger partial charge < -0.3 is 4.74 Å². The summed E-state index contributed by atoms with van der Waals surface area (Å²) in [7, 11) is 0. The Morgan fingerprint density at radius 1 is 1.13 bits per heavy atom. The van der Waals surface area contributed by atoms with Crippen molar-refractivity contribution >= 4 is 23.0 Å².